The number of hydrogen-bond donors (Lipinski definition) is 3. The first-order chi connectivity index (χ1) is 16.4. The van der Waals surface area contributed by atoms with Crippen molar-refractivity contribution in [2.24, 2.45) is 11.3 Å². The number of urea groups is 1. The molecule has 4 aliphatic rings. The Kier molecular flexibility index (Phi) is 4.73. The molecule has 1 aromatic heterocycles. The van der Waals surface area contributed by atoms with Crippen LogP contribution < -0.4 is 30.6 Å². The first kappa shape index (κ1) is 20.9. The number of carbonyl (C=O) groups is 3. The van der Waals surface area contributed by atoms with E-state index in [1.165, 1.54) is 0 Å². The lowest BCUT2D eigenvalue weighted by Gasteiger charge is -2.43. The Balaban J connectivity index is 1.31. The van der Waals surface area contributed by atoms with Gasteiger partial charge in [-0.3, -0.25) is 25.0 Å². The highest BCUT2D eigenvalue weighted by atomic mass is 16.7. The first-order valence-corrected chi connectivity index (χ1v) is 11.5. The third kappa shape index (κ3) is 3.37. The lowest BCUT2D eigenvalue weighted by Crippen LogP contribution is -3.16. The minimum atomic E-state index is -1.45. The molecule has 2 saturated heterocycles. The molecule has 4 aliphatic heterocycles. The molecule has 34 heavy (non-hydrogen) atoms. The quantitative estimate of drug-likeness (QED) is 0.508. The standard InChI is InChI=1S/C24H24N4O6/c29-20-3-1-2-17-16-6-15(10-28(17)20)9-27(11-16)12-24(21(30)25-23(32)26-22(24)31)8-14-4-5-18-19(7-14)34-13-33-18/h1-5,7,15-16H,6,8-13H2,(H2,25,26,30,31,32)/p+1/t15-,16+/m0/s1. The zero-order chi connectivity index (χ0) is 23.4. The summed E-state index contributed by atoms with van der Waals surface area (Å²) in [5.41, 5.74) is 0.328. The molecule has 2 fully saturated rings. The van der Waals surface area contributed by atoms with Gasteiger partial charge in [-0.2, -0.15) is 0 Å². The fourth-order valence-corrected chi connectivity index (χ4v) is 6.05. The number of ether oxygens (including phenoxy) is 2. The summed E-state index contributed by atoms with van der Waals surface area (Å²) in [6, 6.07) is 9.93. The summed E-state index contributed by atoms with van der Waals surface area (Å²) in [5, 5.41) is 4.62. The molecule has 176 valence electrons. The van der Waals surface area contributed by atoms with Crippen molar-refractivity contribution in [1.29, 1.82) is 0 Å². The van der Waals surface area contributed by atoms with Gasteiger partial charge in [0.05, 0.1) is 13.1 Å². The number of nitrogens with one attached hydrogen (secondary N) is 3. The summed E-state index contributed by atoms with van der Waals surface area (Å²) in [5.74, 6) is 0.476. The second-order valence-corrected chi connectivity index (χ2v) is 9.72. The molecule has 10 nitrogen and oxygen atoms in total. The molecule has 10 heteroatoms. The zero-order valence-electron chi connectivity index (χ0n) is 18.5. The van der Waals surface area contributed by atoms with Crippen LogP contribution in [0.1, 0.15) is 23.6 Å². The van der Waals surface area contributed by atoms with Crippen molar-refractivity contribution >= 4 is 17.8 Å². The minimum Gasteiger partial charge on any atom is -0.454 e. The van der Waals surface area contributed by atoms with Gasteiger partial charge in [0.1, 0.15) is 6.54 Å². The lowest BCUT2D eigenvalue weighted by molar-refractivity contribution is -0.915. The van der Waals surface area contributed by atoms with Crippen molar-refractivity contribution in [3.8, 4) is 11.5 Å². The van der Waals surface area contributed by atoms with Crippen LogP contribution in [0.4, 0.5) is 4.79 Å². The SMILES string of the molecule is O=C1NC(=O)C(Cc2ccc3c(c2)OCO3)(C[NH+]2C[C@@H]3C[C@H](C2)c2cccc(=O)n2C3)C(=O)N1. The topological polar surface area (TPSA) is 120 Å². The third-order valence-corrected chi connectivity index (χ3v) is 7.49. The van der Waals surface area contributed by atoms with Crippen LogP contribution in [-0.4, -0.2) is 48.8 Å². The van der Waals surface area contributed by atoms with Gasteiger partial charge in [0, 0.05) is 36.6 Å². The van der Waals surface area contributed by atoms with E-state index in [1.807, 2.05) is 16.7 Å². The van der Waals surface area contributed by atoms with E-state index in [9.17, 15) is 19.2 Å². The smallest absolute Gasteiger partial charge is 0.328 e. The van der Waals surface area contributed by atoms with Gasteiger partial charge in [0.25, 0.3) is 5.56 Å². The van der Waals surface area contributed by atoms with Gasteiger partial charge in [-0.05, 0) is 30.2 Å². The molecular weight excluding hydrogens is 440 g/mol. The molecular formula is C24H25N4O6+. The van der Waals surface area contributed by atoms with E-state index in [0.29, 0.717) is 24.6 Å². The van der Waals surface area contributed by atoms with Crippen molar-refractivity contribution < 1.29 is 28.8 Å². The Morgan fingerprint density at radius 3 is 2.62 bits per heavy atom. The van der Waals surface area contributed by atoms with E-state index in [4.69, 9.17) is 9.47 Å². The second-order valence-electron chi connectivity index (χ2n) is 9.72. The van der Waals surface area contributed by atoms with Crippen LogP contribution in [0.3, 0.4) is 0 Å². The monoisotopic (exact) mass is 465 g/mol. The number of barbiturate groups is 1. The maximum atomic E-state index is 13.2. The number of quaternary nitrogens is 1. The Hall–Kier alpha value is -3.66. The fourth-order valence-electron chi connectivity index (χ4n) is 6.05. The van der Waals surface area contributed by atoms with Crippen LogP contribution in [0.25, 0.3) is 0 Å². The molecule has 3 atom stereocenters. The highest BCUT2D eigenvalue weighted by molar-refractivity contribution is 6.19. The van der Waals surface area contributed by atoms with E-state index in [2.05, 4.69) is 10.6 Å². The van der Waals surface area contributed by atoms with Gasteiger partial charge in [-0.1, -0.05) is 12.1 Å². The van der Waals surface area contributed by atoms with Crippen molar-refractivity contribution in [3.63, 3.8) is 0 Å². The number of nitrogens with zero attached hydrogens (tertiary/aromatic N) is 1. The van der Waals surface area contributed by atoms with Crippen LogP contribution in [0, 0.1) is 11.3 Å². The van der Waals surface area contributed by atoms with Crippen LogP contribution in [0.5, 0.6) is 11.5 Å². The molecule has 4 amide bonds. The Bertz CT molecular complexity index is 1250. The molecule has 0 spiro atoms. The van der Waals surface area contributed by atoms with E-state index in [0.717, 1.165) is 29.1 Å². The summed E-state index contributed by atoms with van der Waals surface area (Å²) in [7, 11) is 0. The van der Waals surface area contributed by atoms with Crippen molar-refractivity contribution in [3.05, 3.63) is 58.0 Å². The largest absolute Gasteiger partial charge is 0.454 e. The molecule has 1 unspecified atom stereocenters. The maximum Gasteiger partial charge on any atom is 0.328 e. The summed E-state index contributed by atoms with van der Waals surface area (Å²) >= 11 is 0. The zero-order valence-corrected chi connectivity index (χ0v) is 18.5. The maximum absolute atomic E-state index is 13.2. The van der Waals surface area contributed by atoms with Crippen LogP contribution >= 0.6 is 0 Å². The number of amides is 4. The molecule has 5 heterocycles. The number of fused-ring (bicyclic) bond motifs is 5. The molecule has 0 radical (unpaired) electrons. The van der Waals surface area contributed by atoms with Crippen molar-refractivity contribution in [2.45, 2.75) is 25.3 Å². The Morgan fingerprint density at radius 2 is 1.79 bits per heavy atom. The Morgan fingerprint density at radius 1 is 1.00 bits per heavy atom. The van der Waals surface area contributed by atoms with Crippen LogP contribution in [0.2, 0.25) is 0 Å². The highest BCUT2D eigenvalue weighted by Gasteiger charge is 2.54. The van der Waals surface area contributed by atoms with Gasteiger partial charge >= 0.3 is 6.03 Å². The molecule has 6 rings (SSSR count). The number of likely N-dealkylation sites (tertiary alicyclic amines) is 1. The summed E-state index contributed by atoms with van der Waals surface area (Å²) in [6.07, 6.45) is 1.11. The number of imide groups is 2. The van der Waals surface area contributed by atoms with Crippen LogP contribution in [-0.2, 0) is 22.6 Å². The number of hydrogen-bond acceptors (Lipinski definition) is 6. The van der Waals surface area contributed by atoms with Crippen LogP contribution in [0.15, 0.2) is 41.2 Å². The number of benzene rings is 1. The van der Waals surface area contributed by atoms with E-state index in [-0.39, 0.29) is 37.2 Å². The first-order valence-electron chi connectivity index (χ1n) is 11.5. The molecule has 1 aromatic carbocycles. The second kappa shape index (κ2) is 7.69. The minimum absolute atomic E-state index is 0.0134. The Labute approximate surface area is 194 Å². The van der Waals surface area contributed by atoms with Gasteiger partial charge in [-0.25, -0.2) is 4.79 Å². The number of piperidine rings is 1. The number of carbonyl (C=O) groups excluding carboxylic acids is 3. The highest BCUT2D eigenvalue weighted by Crippen LogP contribution is 2.36. The third-order valence-electron chi connectivity index (χ3n) is 7.49. The average molecular weight is 465 g/mol. The van der Waals surface area contributed by atoms with Gasteiger partial charge in [-0.15, -0.1) is 0 Å². The predicted octanol–water partition coefficient (Wildman–Crippen LogP) is -0.826. The molecule has 2 bridgehead atoms. The van der Waals surface area contributed by atoms with E-state index >= 15 is 0 Å². The predicted molar refractivity (Wildman–Crippen MR) is 117 cm³/mol. The number of pyridine rings is 1. The summed E-state index contributed by atoms with van der Waals surface area (Å²) in [6.45, 7) is 2.47. The average Bonchev–Trinajstić information content (AvgIpc) is 3.26. The molecule has 0 aliphatic carbocycles. The number of aromatic nitrogens is 1. The van der Waals surface area contributed by atoms with Gasteiger partial charge < -0.3 is 18.9 Å². The van der Waals surface area contributed by atoms with Gasteiger partial charge in [0.15, 0.2) is 16.9 Å². The normalized spacial score (nSPS) is 26.5. The molecule has 0 saturated carbocycles. The van der Waals surface area contributed by atoms with E-state index < -0.39 is 23.3 Å². The van der Waals surface area contributed by atoms with Crippen molar-refractivity contribution in [1.82, 2.24) is 15.2 Å². The summed E-state index contributed by atoms with van der Waals surface area (Å²) in [4.78, 5) is 51.8. The summed E-state index contributed by atoms with van der Waals surface area (Å²) < 4.78 is 12.7. The van der Waals surface area contributed by atoms with E-state index in [1.54, 1.807) is 24.3 Å². The lowest BCUT2D eigenvalue weighted by atomic mass is 9.76. The molecule has 3 N–H and O–H groups in total. The fraction of sp³-hybridized carbons (Fsp3) is 0.417. The molecule has 2 aromatic rings. The number of rotatable bonds is 4. The van der Waals surface area contributed by atoms with Crippen molar-refractivity contribution in [2.75, 3.05) is 26.4 Å². The van der Waals surface area contributed by atoms with Gasteiger partial charge in [0.2, 0.25) is 18.6 Å².